The molecule has 2 heterocycles. The van der Waals surface area contributed by atoms with Crippen molar-refractivity contribution in [3.63, 3.8) is 0 Å². The van der Waals surface area contributed by atoms with Gasteiger partial charge in [-0.2, -0.15) is 0 Å². The van der Waals surface area contributed by atoms with Crippen LogP contribution in [0.3, 0.4) is 0 Å². The van der Waals surface area contributed by atoms with Gasteiger partial charge in [0.1, 0.15) is 11.5 Å². The first-order valence-electron chi connectivity index (χ1n) is 6.26. The highest BCUT2D eigenvalue weighted by molar-refractivity contribution is 6.30. The quantitative estimate of drug-likeness (QED) is 0.804. The van der Waals surface area contributed by atoms with E-state index in [9.17, 15) is 4.39 Å². The molecule has 3 aromatic rings. The van der Waals surface area contributed by atoms with Crippen LogP contribution in [0.5, 0.6) is 0 Å². The second-order valence-corrected chi connectivity index (χ2v) is 5.03. The monoisotopic (exact) mass is 289 g/mol. The van der Waals surface area contributed by atoms with Crippen molar-refractivity contribution in [1.29, 1.82) is 0 Å². The molecule has 3 nitrogen and oxygen atoms in total. The van der Waals surface area contributed by atoms with E-state index >= 15 is 0 Å². The molecule has 0 unspecified atom stereocenters. The molecule has 0 bridgehead atoms. The van der Waals surface area contributed by atoms with Gasteiger partial charge in [-0.25, -0.2) is 9.37 Å². The Morgan fingerprint density at radius 3 is 2.85 bits per heavy atom. The number of nitrogens with zero attached hydrogens (tertiary/aromatic N) is 2. The predicted molar refractivity (Wildman–Crippen MR) is 78.1 cm³/mol. The number of pyridine rings is 1. The van der Waals surface area contributed by atoms with Crippen molar-refractivity contribution in [3.05, 3.63) is 64.7 Å². The molecule has 0 spiro atoms. The minimum absolute atomic E-state index is 0.315. The van der Waals surface area contributed by atoms with E-state index < -0.39 is 0 Å². The summed E-state index contributed by atoms with van der Waals surface area (Å²) in [6.45, 7) is 0.828. The Kier molecular flexibility index (Phi) is 3.42. The van der Waals surface area contributed by atoms with Crippen LogP contribution in [0.4, 0.5) is 4.39 Å². The fourth-order valence-electron chi connectivity index (χ4n) is 2.31. The molecule has 102 valence electrons. The van der Waals surface area contributed by atoms with E-state index in [-0.39, 0.29) is 5.82 Å². The van der Waals surface area contributed by atoms with Crippen LogP contribution in [-0.2, 0) is 13.1 Å². The Hall–Kier alpha value is -1.91. The molecule has 1 aromatic carbocycles. The lowest BCUT2D eigenvalue weighted by molar-refractivity contribution is 0.601. The third-order valence-electron chi connectivity index (χ3n) is 3.29. The van der Waals surface area contributed by atoms with Crippen LogP contribution < -0.4 is 5.73 Å². The summed E-state index contributed by atoms with van der Waals surface area (Å²) in [5, 5.41) is 1.40. The first-order chi connectivity index (χ1) is 9.69. The number of nitrogens with two attached hydrogens (primary N) is 1. The molecule has 0 saturated heterocycles. The molecule has 20 heavy (non-hydrogen) atoms. The SMILES string of the molecule is NCc1cn(Cc2ccc(Cl)cc2F)c2ncccc12. The molecule has 0 atom stereocenters. The van der Waals surface area contributed by atoms with Crippen LogP contribution in [0, 0.1) is 5.82 Å². The van der Waals surface area contributed by atoms with Crippen molar-refractivity contribution >= 4 is 22.6 Å². The number of benzene rings is 1. The van der Waals surface area contributed by atoms with Gasteiger partial charge in [0.2, 0.25) is 0 Å². The first kappa shape index (κ1) is 13.1. The van der Waals surface area contributed by atoms with Crippen molar-refractivity contribution in [2.45, 2.75) is 13.1 Å². The van der Waals surface area contributed by atoms with Gasteiger partial charge in [0.25, 0.3) is 0 Å². The van der Waals surface area contributed by atoms with Crippen LogP contribution in [0.2, 0.25) is 5.02 Å². The van der Waals surface area contributed by atoms with Gasteiger partial charge in [0.05, 0.1) is 6.54 Å². The van der Waals surface area contributed by atoms with Crippen molar-refractivity contribution in [2.75, 3.05) is 0 Å². The fourth-order valence-corrected chi connectivity index (χ4v) is 2.47. The number of halogens is 2. The molecule has 2 aromatic heterocycles. The molecule has 0 radical (unpaired) electrons. The third-order valence-corrected chi connectivity index (χ3v) is 3.53. The summed E-state index contributed by atoms with van der Waals surface area (Å²) >= 11 is 5.77. The smallest absolute Gasteiger partial charge is 0.140 e. The van der Waals surface area contributed by atoms with Gasteiger partial charge >= 0.3 is 0 Å². The summed E-state index contributed by atoms with van der Waals surface area (Å²) in [7, 11) is 0. The molecular weight excluding hydrogens is 277 g/mol. The first-order valence-corrected chi connectivity index (χ1v) is 6.63. The van der Waals surface area contributed by atoms with Gasteiger partial charge in [0.15, 0.2) is 0 Å². The van der Waals surface area contributed by atoms with E-state index in [1.54, 1.807) is 18.3 Å². The number of hydrogen-bond donors (Lipinski definition) is 1. The molecule has 0 aliphatic carbocycles. The average molecular weight is 290 g/mol. The van der Waals surface area contributed by atoms with Gasteiger partial charge in [-0.3, -0.25) is 0 Å². The summed E-state index contributed by atoms with van der Waals surface area (Å²) in [6.07, 6.45) is 3.64. The summed E-state index contributed by atoms with van der Waals surface area (Å²) in [5.74, 6) is -0.315. The number of hydrogen-bond acceptors (Lipinski definition) is 2. The second-order valence-electron chi connectivity index (χ2n) is 4.60. The second kappa shape index (κ2) is 5.23. The molecule has 3 rings (SSSR count). The Morgan fingerprint density at radius 1 is 1.25 bits per heavy atom. The van der Waals surface area contributed by atoms with Crippen molar-refractivity contribution in [3.8, 4) is 0 Å². The van der Waals surface area contributed by atoms with Crippen LogP contribution in [-0.4, -0.2) is 9.55 Å². The summed E-state index contributed by atoms with van der Waals surface area (Å²) in [5.41, 5.74) is 8.12. The van der Waals surface area contributed by atoms with E-state index in [0.717, 1.165) is 16.6 Å². The third kappa shape index (κ3) is 2.28. The van der Waals surface area contributed by atoms with Gasteiger partial charge in [0, 0.05) is 34.9 Å². The fraction of sp³-hybridized carbons (Fsp3) is 0.133. The lowest BCUT2D eigenvalue weighted by Gasteiger charge is -2.06. The normalized spacial score (nSPS) is 11.2. The Balaban J connectivity index is 2.06. The molecule has 0 aliphatic heterocycles. The van der Waals surface area contributed by atoms with Crippen molar-refractivity contribution in [2.24, 2.45) is 5.73 Å². The lowest BCUT2D eigenvalue weighted by atomic mass is 10.2. The predicted octanol–water partition coefficient (Wildman–Crippen LogP) is 3.34. The van der Waals surface area contributed by atoms with E-state index in [2.05, 4.69) is 4.98 Å². The highest BCUT2D eigenvalue weighted by atomic mass is 35.5. The summed E-state index contributed by atoms with van der Waals surface area (Å²) in [6, 6.07) is 8.53. The maximum atomic E-state index is 13.9. The van der Waals surface area contributed by atoms with E-state index in [0.29, 0.717) is 23.7 Å². The zero-order chi connectivity index (χ0) is 14.1. The van der Waals surface area contributed by atoms with Crippen LogP contribution in [0.15, 0.2) is 42.7 Å². The highest BCUT2D eigenvalue weighted by Crippen LogP contribution is 2.22. The molecule has 0 amide bonds. The maximum Gasteiger partial charge on any atom is 0.140 e. The molecule has 0 fully saturated rings. The summed E-state index contributed by atoms with van der Waals surface area (Å²) in [4.78, 5) is 4.35. The molecular formula is C15H13ClFN3. The van der Waals surface area contributed by atoms with E-state index in [4.69, 9.17) is 17.3 Å². The minimum atomic E-state index is -0.315. The number of rotatable bonds is 3. The topological polar surface area (TPSA) is 43.8 Å². The summed E-state index contributed by atoms with van der Waals surface area (Å²) < 4.78 is 15.8. The van der Waals surface area contributed by atoms with Crippen LogP contribution >= 0.6 is 11.6 Å². The average Bonchev–Trinajstić information content (AvgIpc) is 2.80. The zero-order valence-electron chi connectivity index (χ0n) is 10.7. The Labute approximate surface area is 120 Å². The van der Waals surface area contributed by atoms with Gasteiger partial charge in [-0.05, 0) is 29.8 Å². The van der Waals surface area contributed by atoms with Crippen LogP contribution in [0.1, 0.15) is 11.1 Å². The standard InChI is InChI=1S/C15H13ClFN3/c16-12-4-3-10(14(17)6-12)8-20-9-11(7-18)13-2-1-5-19-15(13)20/h1-6,9H,7-8,18H2. The highest BCUT2D eigenvalue weighted by Gasteiger charge is 2.10. The molecule has 5 heteroatoms. The minimum Gasteiger partial charge on any atom is -0.328 e. The van der Waals surface area contributed by atoms with Gasteiger partial charge in [-0.1, -0.05) is 17.7 Å². The number of fused-ring (bicyclic) bond motifs is 1. The number of aromatic nitrogens is 2. The molecule has 0 aliphatic rings. The largest absolute Gasteiger partial charge is 0.328 e. The van der Waals surface area contributed by atoms with Crippen molar-refractivity contribution < 1.29 is 4.39 Å². The van der Waals surface area contributed by atoms with E-state index in [1.165, 1.54) is 6.07 Å². The van der Waals surface area contributed by atoms with Crippen LogP contribution in [0.25, 0.3) is 11.0 Å². The van der Waals surface area contributed by atoms with E-state index in [1.807, 2.05) is 22.9 Å². The van der Waals surface area contributed by atoms with Gasteiger partial charge in [-0.15, -0.1) is 0 Å². The molecule has 0 saturated carbocycles. The molecule has 2 N–H and O–H groups in total. The van der Waals surface area contributed by atoms with Gasteiger partial charge < -0.3 is 10.3 Å². The lowest BCUT2D eigenvalue weighted by Crippen LogP contribution is -2.01. The maximum absolute atomic E-state index is 13.9. The zero-order valence-corrected chi connectivity index (χ0v) is 11.4. The Bertz CT molecular complexity index is 767. The van der Waals surface area contributed by atoms with Crippen molar-refractivity contribution in [1.82, 2.24) is 9.55 Å². The Morgan fingerprint density at radius 2 is 2.10 bits per heavy atom.